The summed E-state index contributed by atoms with van der Waals surface area (Å²) in [6, 6.07) is 15.2. The molecule has 11 heteroatoms. The van der Waals surface area contributed by atoms with Gasteiger partial charge in [-0.15, -0.1) is 11.3 Å². The van der Waals surface area contributed by atoms with Gasteiger partial charge < -0.3 is 24.7 Å². The van der Waals surface area contributed by atoms with Crippen LogP contribution in [0.25, 0.3) is 20.8 Å². The van der Waals surface area contributed by atoms with Crippen LogP contribution >= 0.6 is 23.6 Å². The Labute approximate surface area is 227 Å². The molecule has 0 saturated heterocycles. The number of para-hydroxylation sites is 1. The lowest BCUT2D eigenvalue weighted by Gasteiger charge is -2.12. The molecule has 0 bridgehead atoms. The number of halogens is 1. The van der Waals surface area contributed by atoms with Gasteiger partial charge in [0.2, 0.25) is 5.91 Å². The van der Waals surface area contributed by atoms with E-state index < -0.39 is 5.82 Å². The van der Waals surface area contributed by atoms with Crippen LogP contribution in [0.4, 0.5) is 10.1 Å². The number of rotatable bonds is 7. The molecule has 0 aliphatic carbocycles. The van der Waals surface area contributed by atoms with Crippen molar-refractivity contribution in [1.29, 1.82) is 0 Å². The number of hydrogen-bond donors (Lipinski definition) is 2. The van der Waals surface area contributed by atoms with Gasteiger partial charge in [0.1, 0.15) is 11.5 Å². The molecule has 1 amide bonds. The first-order valence-corrected chi connectivity index (χ1v) is 12.7. The van der Waals surface area contributed by atoms with Crippen LogP contribution in [0.15, 0.2) is 73.3 Å². The summed E-state index contributed by atoms with van der Waals surface area (Å²) in [6.07, 6.45) is 5.35. The molecule has 0 radical (unpaired) electrons. The number of amides is 1. The van der Waals surface area contributed by atoms with E-state index >= 15 is 0 Å². The van der Waals surface area contributed by atoms with E-state index in [-0.39, 0.29) is 23.2 Å². The number of nitrogens with zero attached hydrogens (tertiary/aromatic N) is 3. The summed E-state index contributed by atoms with van der Waals surface area (Å²) in [5.41, 5.74) is 2.66. The summed E-state index contributed by atoms with van der Waals surface area (Å²) in [5, 5.41) is 5.48. The average molecular weight is 548 g/mol. The second kappa shape index (κ2) is 11.0. The number of aromatic nitrogens is 3. The normalized spacial score (nSPS) is 10.8. The van der Waals surface area contributed by atoms with Gasteiger partial charge in [0.05, 0.1) is 40.6 Å². The molecule has 3 aromatic heterocycles. The summed E-state index contributed by atoms with van der Waals surface area (Å²) in [5.74, 6) is 0.226. The van der Waals surface area contributed by atoms with E-state index in [2.05, 4.69) is 20.6 Å². The highest BCUT2D eigenvalue weighted by molar-refractivity contribution is 7.80. The number of pyridine rings is 1. The van der Waals surface area contributed by atoms with E-state index in [0.717, 1.165) is 26.4 Å². The Kier molecular flexibility index (Phi) is 7.29. The Morgan fingerprint density at radius 3 is 2.71 bits per heavy atom. The van der Waals surface area contributed by atoms with Gasteiger partial charge in [0.25, 0.3) is 0 Å². The lowest BCUT2D eigenvalue weighted by atomic mass is 10.1. The first-order valence-electron chi connectivity index (χ1n) is 11.5. The number of ether oxygens (including phenoxy) is 2. The Morgan fingerprint density at radius 2 is 1.95 bits per heavy atom. The van der Waals surface area contributed by atoms with E-state index in [1.54, 1.807) is 43.9 Å². The minimum Gasteiger partial charge on any atom is -0.496 e. The molecular formula is C27H22FN5O3S2. The Hall–Kier alpha value is -4.35. The third kappa shape index (κ3) is 5.63. The van der Waals surface area contributed by atoms with Crippen LogP contribution in [-0.4, -0.2) is 32.7 Å². The number of aryl methyl sites for hydroxylation is 1. The predicted octanol–water partition coefficient (Wildman–Crippen LogP) is 5.69. The highest BCUT2D eigenvalue weighted by Crippen LogP contribution is 2.39. The number of hydrogen-bond acceptors (Lipinski definition) is 7. The molecule has 0 unspecified atom stereocenters. The quantitative estimate of drug-likeness (QED) is 0.253. The van der Waals surface area contributed by atoms with Crippen molar-refractivity contribution in [2.45, 2.75) is 6.42 Å². The third-order valence-electron chi connectivity index (χ3n) is 5.54. The summed E-state index contributed by atoms with van der Waals surface area (Å²) in [4.78, 5) is 22.1. The van der Waals surface area contributed by atoms with Crippen LogP contribution in [-0.2, 0) is 18.3 Å². The van der Waals surface area contributed by atoms with Crippen LogP contribution < -0.4 is 20.1 Å². The minimum atomic E-state index is -0.593. The molecule has 0 spiro atoms. The number of benzene rings is 2. The van der Waals surface area contributed by atoms with Gasteiger partial charge in [-0.25, -0.2) is 9.37 Å². The number of carbonyl (C=O) groups is 1. The van der Waals surface area contributed by atoms with Gasteiger partial charge in [-0.05, 0) is 36.5 Å². The SMILES string of the molecule is COc1ccccc1CC(=O)NC(=S)Nc1ccc(Oc2ccnc3cc(-c4cn(C)cn4)sc23)c(F)c1. The molecule has 0 aliphatic rings. The topological polar surface area (TPSA) is 90.3 Å². The number of imidazole rings is 1. The fourth-order valence-corrected chi connectivity index (χ4v) is 5.06. The maximum Gasteiger partial charge on any atom is 0.230 e. The van der Waals surface area contributed by atoms with Crippen molar-refractivity contribution in [3.8, 4) is 27.8 Å². The van der Waals surface area contributed by atoms with Crippen LogP contribution in [0.5, 0.6) is 17.2 Å². The van der Waals surface area contributed by atoms with Crippen LogP contribution in [0.2, 0.25) is 0 Å². The Balaban J connectivity index is 1.25. The van der Waals surface area contributed by atoms with E-state index in [1.807, 2.05) is 36.0 Å². The molecule has 38 heavy (non-hydrogen) atoms. The standard InChI is InChI=1S/C27H22FN5O3S2/c1-33-14-20(30-15-33)24-13-19-26(38-24)23(9-10-29-19)36-22-8-7-17(12-18(22)28)31-27(37)32-25(34)11-16-5-3-4-6-21(16)35-2/h3-10,12-15H,11H2,1-2H3,(H2,31,32,34,37). The summed E-state index contributed by atoms with van der Waals surface area (Å²) in [6.45, 7) is 0. The molecule has 3 heterocycles. The molecule has 0 atom stereocenters. The van der Waals surface area contributed by atoms with Crippen molar-refractivity contribution in [3.63, 3.8) is 0 Å². The fourth-order valence-electron chi connectivity index (χ4n) is 3.80. The summed E-state index contributed by atoms with van der Waals surface area (Å²) in [7, 11) is 3.45. The lowest BCUT2D eigenvalue weighted by Crippen LogP contribution is -2.35. The molecule has 5 aromatic rings. The van der Waals surface area contributed by atoms with Crippen molar-refractivity contribution >= 4 is 50.5 Å². The summed E-state index contributed by atoms with van der Waals surface area (Å²) >= 11 is 6.70. The zero-order chi connectivity index (χ0) is 26.6. The van der Waals surface area contributed by atoms with Gasteiger partial charge >= 0.3 is 0 Å². The molecule has 2 aromatic carbocycles. The van der Waals surface area contributed by atoms with E-state index in [0.29, 0.717) is 17.2 Å². The van der Waals surface area contributed by atoms with Crippen LogP contribution in [0, 0.1) is 5.82 Å². The molecule has 2 N–H and O–H groups in total. The number of methoxy groups -OCH3 is 1. The summed E-state index contributed by atoms with van der Waals surface area (Å²) < 4.78 is 28.8. The molecule has 0 saturated carbocycles. The first-order chi connectivity index (χ1) is 18.4. The second-order valence-electron chi connectivity index (χ2n) is 8.30. The maximum absolute atomic E-state index is 15.0. The van der Waals surface area contributed by atoms with Gasteiger partial charge in [-0.2, -0.15) is 0 Å². The zero-order valence-electron chi connectivity index (χ0n) is 20.4. The van der Waals surface area contributed by atoms with Crippen molar-refractivity contribution < 1.29 is 18.7 Å². The van der Waals surface area contributed by atoms with E-state index in [1.165, 1.54) is 23.5 Å². The zero-order valence-corrected chi connectivity index (χ0v) is 22.0. The van der Waals surface area contributed by atoms with Crippen LogP contribution in [0.1, 0.15) is 5.56 Å². The van der Waals surface area contributed by atoms with Gasteiger partial charge in [0.15, 0.2) is 16.7 Å². The molecule has 0 fully saturated rings. The Bertz CT molecular complexity index is 1650. The molecule has 0 aliphatic heterocycles. The van der Waals surface area contributed by atoms with Crippen LogP contribution in [0.3, 0.4) is 0 Å². The highest BCUT2D eigenvalue weighted by Gasteiger charge is 2.15. The predicted molar refractivity (Wildman–Crippen MR) is 149 cm³/mol. The third-order valence-corrected chi connectivity index (χ3v) is 6.90. The molecule has 5 rings (SSSR count). The lowest BCUT2D eigenvalue weighted by molar-refractivity contribution is -0.119. The van der Waals surface area contributed by atoms with Gasteiger partial charge in [0, 0.05) is 42.8 Å². The van der Waals surface area contributed by atoms with Crippen molar-refractivity contribution in [2.75, 3.05) is 12.4 Å². The average Bonchev–Trinajstić information content (AvgIpc) is 3.52. The number of carbonyl (C=O) groups excluding carboxylic acids is 1. The first kappa shape index (κ1) is 25.3. The minimum absolute atomic E-state index is 0.0435. The number of thiocarbonyl (C=S) groups is 1. The van der Waals surface area contributed by atoms with Crippen molar-refractivity contribution in [1.82, 2.24) is 19.9 Å². The number of fused-ring (bicyclic) bond motifs is 1. The van der Waals surface area contributed by atoms with E-state index in [4.69, 9.17) is 21.7 Å². The van der Waals surface area contributed by atoms with Gasteiger partial charge in [-0.1, -0.05) is 18.2 Å². The monoisotopic (exact) mass is 547 g/mol. The number of nitrogens with one attached hydrogen (secondary N) is 2. The molecule has 192 valence electrons. The second-order valence-corrected chi connectivity index (χ2v) is 9.76. The van der Waals surface area contributed by atoms with Gasteiger partial charge in [-0.3, -0.25) is 9.78 Å². The number of thiophene rings is 1. The van der Waals surface area contributed by atoms with Crippen molar-refractivity contribution in [2.24, 2.45) is 7.05 Å². The largest absolute Gasteiger partial charge is 0.496 e. The molecular weight excluding hydrogens is 525 g/mol. The maximum atomic E-state index is 15.0. The smallest absolute Gasteiger partial charge is 0.230 e. The molecule has 8 nitrogen and oxygen atoms in total. The highest BCUT2D eigenvalue weighted by atomic mass is 32.1. The number of anilines is 1. The van der Waals surface area contributed by atoms with E-state index in [9.17, 15) is 9.18 Å². The Morgan fingerprint density at radius 1 is 1.11 bits per heavy atom. The van der Waals surface area contributed by atoms with Crippen molar-refractivity contribution in [3.05, 3.63) is 84.7 Å². The fraction of sp³-hybridized carbons (Fsp3) is 0.111.